The Bertz CT molecular complexity index is 1850. The summed E-state index contributed by atoms with van der Waals surface area (Å²) in [6.07, 6.45) is 1.80. The van der Waals surface area contributed by atoms with Gasteiger partial charge in [-0.15, -0.1) is 0 Å². The number of carbonyl (C=O) groups is 1. The number of allylic oxidation sites excluding steroid dienone is 1. The van der Waals surface area contributed by atoms with Crippen LogP contribution in [0.2, 0.25) is 0 Å². The van der Waals surface area contributed by atoms with E-state index in [1.165, 1.54) is 11.3 Å². The van der Waals surface area contributed by atoms with Gasteiger partial charge in [0.2, 0.25) is 0 Å². The molecule has 2 heterocycles. The lowest BCUT2D eigenvalue weighted by atomic mass is 9.96. The van der Waals surface area contributed by atoms with Crippen LogP contribution in [-0.2, 0) is 16.1 Å². The van der Waals surface area contributed by atoms with Crippen LogP contribution in [-0.4, -0.2) is 24.3 Å². The van der Waals surface area contributed by atoms with Gasteiger partial charge in [-0.25, -0.2) is 9.79 Å². The molecule has 0 bridgehead atoms. The Morgan fingerprint density at radius 3 is 2.46 bits per heavy atom. The number of hydrogen-bond acceptors (Lipinski definition) is 8. The van der Waals surface area contributed by atoms with Gasteiger partial charge < -0.3 is 14.2 Å². The Kier molecular flexibility index (Phi) is 8.13. The average molecular weight is 566 g/mol. The van der Waals surface area contributed by atoms with E-state index in [2.05, 4.69) is 11.1 Å². The number of nitriles is 1. The van der Waals surface area contributed by atoms with Crippen molar-refractivity contribution in [2.75, 3.05) is 13.7 Å². The molecule has 4 aromatic rings. The molecule has 0 spiro atoms. The molecule has 0 radical (unpaired) electrons. The van der Waals surface area contributed by atoms with Crippen molar-refractivity contribution in [3.63, 3.8) is 0 Å². The van der Waals surface area contributed by atoms with Crippen molar-refractivity contribution in [3.8, 4) is 17.6 Å². The maximum Gasteiger partial charge on any atom is 0.338 e. The predicted octanol–water partition coefficient (Wildman–Crippen LogP) is 4.26. The second-order valence-corrected chi connectivity index (χ2v) is 10.2. The number of esters is 1. The summed E-state index contributed by atoms with van der Waals surface area (Å²) in [7, 11) is 1.58. The standard InChI is InChI=1S/C32H27N3O5S/c1-4-39-31(37)28-20(2)34-32-35(29(28)22-11-15-25(38-3)16-12-22)30(36)27(41-32)17-21-9-13-26(14-10-21)40-19-24-8-6-5-7-23(24)18-33/h5-17,29H,4,19H2,1-3H3/b27-17+/t29-/m0/s1. The zero-order valence-corrected chi connectivity index (χ0v) is 23.6. The largest absolute Gasteiger partial charge is 0.497 e. The van der Waals surface area contributed by atoms with E-state index < -0.39 is 12.0 Å². The van der Waals surface area contributed by atoms with Crippen LogP contribution in [0.1, 0.15) is 42.1 Å². The van der Waals surface area contributed by atoms with E-state index in [0.29, 0.717) is 37.7 Å². The van der Waals surface area contributed by atoms with Gasteiger partial charge in [0.05, 0.1) is 47.2 Å². The predicted molar refractivity (Wildman–Crippen MR) is 155 cm³/mol. The topological polar surface area (TPSA) is 103 Å². The monoisotopic (exact) mass is 565 g/mol. The SMILES string of the molecule is CCOC(=O)C1=C(C)N=c2s/c(=C/c3ccc(OCc4ccccc4C#N)cc3)c(=O)n2[C@H]1c1ccc(OC)cc1. The zero-order valence-electron chi connectivity index (χ0n) is 22.8. The lowest BCUT2D eigenvalue weighted by Gasteiger charge is -2.24. The summed E-state index contributed by atoms with van der Waals surface area (Å²) in [5.74, 6) is 0.809. The lowest BCUT2D eigenvalue weighted by Crippen LogP contribution is -2.39. The van der Waals surface area contributed by atoms with Gasteiger partial charge in [-0.3, -0.25) is 9.36 Å². The molecule has 206 valence electrons. The van der Waals surface area contributed by atoms with Gasteiger partial charge in [0.1, 0.15) is 18.1 Å². The third-order valence-electron chi connectivity index (χ3n) is 6.66. The minimum absolute atomic E-state index is 0.208. The Morgan fingerprint density at radius 1 is 1.07 bits per heavy atom. The number of methoxy groups -OCH3 is 1. The second kappa shape index (κ2) is 12.1. The van der Waals surface area contributed by atoms with Gasteiger partial charge in [-0.05, 0) is 61.4 Å². The van der Waals surface area contributed by atoms with Crippen LogP contribution in [0.5, 0.6) is 11.5 Å². The van der Waals surface area contributed by atoms with E-state index in [1.807, 2.05) is 54.6 Å². The quantitative estimate of drug-likeness (QED) is 0.296. The lowest BCUT2D eigenvalue weighted by molar-refractivity contribution is -0.139. The highest BCUT2D eigenvalue weighted by Crippen LogP contribution is 2.31. The van der Waals surface area contributed by atoms with Crippen LogP contribution in [0.3, 0.4) is 0 Å². The van der Waals surface area contributed by atoms with Gasteiger partial charge in [0, 0.05) is 5.56 Å². The van der Waals surface area contributed by atoms with Gasteiger partial charge in [0.15, 0.2) is 4.80 Å². The Morgan fingerprint density at radius 2 is 1.78 bits per heavy atom. The van der Waals surface area contributed by atoms with E-state index in [-0.39, 0.29) is 18.8 Å². The molecular weight excluding hydrogens is 538 g/mol. The number of hydrogen-bond donors (Lipinski definition) is 0. The third-order valence-corrected chi connectivity index (χ3v) is 7.64. The third kappa shape index (κ3) is 5.69. The highest BCUT2D eigenvalue weighted by molar-refractivity contribution is 7.07. The molecule has 0 unspecified atom stereocenters. The molecular formula is C32H27N3O5S. The van der Waals surface area contributed by atoms with Gasteiger partial charge in [-0.1, -0.05) is 53.8 Å². The molecule has 0 fully saturated rings. The van der Waals surface area contributed by atoms with Crippen molar-refractivity contribution in [3.05, 3.63) is 126 Å². The molecule has 0 aliphatic carbocycles. The first-order valence-corrected chi connectivity index (χ1v) is 13.8. The number of rotatable bonds is 8. The molecule has 5 rings (SSSR count). The van der Waals surface area contributed by atoms with Crippen molar-refractivity contribution < 1.29 is 19.0 Å². The van der Waals surface area contributed by atoms with E-state index in [1.54, 1.807) is 49.8 Å². The maximum absolute atomic E-state index is 13.8. The average Bonchev–Trinajstić information content (AvgIpc) is 3.30. The Labute approximate surface area is 240 Å². The van der Waals surface area contributed by atoms with Crippen molar-refractivity contribution in [2.45, 2.75) is 26.5 Å². The molecule has 3 aromatic carbocycles. The number of benzene rings is 3. The fourth-order valence-electron chi connectivity index (χ4n) is 4.62. The molecule has 0 amide bonds. The van der Waals surface area contributed by atoms with E-state index in [0.717, 1.165) is 16.7 Å². The summed E-state index contributed by atoms with van der Waals surface area (Å²) in [6, 6.07) is 23.4. The molecule has 9 heteroatoms. The number of aromatic nitrogens is 1. The minimum atomic E-state index is -0.689. The first kappa shape index (κ1) is 27.6. The summed E-state index contributed by atoms with van der Waals surface area (Å²) in [6.45, 7) is 3.98. The summed E-state index contributed by atoms with van der Waals surface area (Å²) < 4.78 is 18.6. The number of fused-ring (bicyclic) bond motifs is 1. The van der Waals surface area contributed by atoms with Crippen molar-refractivity contribution >= 4 is 23.4 Å². The molecule has 0 saturated carbocycles. The summed E-state index contributed by atoms with van der Waals surface area (Å²) in [4.78, 5) is 31.9. The van der Waals surface area contributed by atoms with Crippen LogP contribution in [0, 0.1) is 11.3 Å². The van der Waals surface area contributed by atoms with Crippen LogP contribution in [0.4, 0.5) is 0 Å². The van der Waals surface area contributed by atoms with E-state index >= 15 is 0 Å². The number of ether oxygens (including phenoxy) is 3. The number of nitrogens with zero attached hydrogens (tertiary/aromatic N) is 3. The fraction of sp³-hybridized carbons (Fsp3) is 0.188. The summed E-state index contributed by atoms with van der Waals surface area (Å²) >= 11 is 1.26. The fourth-order valence-corrected chi connectivity index (χ4v) is 5.67. The Hall–Kier alpha value is -4.94. The van der Waals surface area contributed by atoms with E-state index in [4.69, 9.17) is 14.2 Å². The molecule has 8 nitrogen and oxygen atoms in total. The molecule has 0 saturated heterocycles. The Balaban J connectivity index is 1.49. The maximum atomic E-state index is 13.8. The number of carbonyl (C=O) groups excluding carboxylic acids is 1. The molecule has 0 N–H and O–H groups in total. The van der Waals surface area contributed by atoms with Crippen LogP contribution >= 0.6 is 11.3 Å². The van der Waals surface area contributed by atoms with Crippen LogP contribution in [0.15, 0.2) is 93.9 Å². The first-order valence-electron chi connectivity index (χ1n) is 13.0. The molecule has 1 atom stereocenters. The smallest absolute Gasteiger partial charge is 0.338 e. The van der Waals surface area contributed by atoms with E-state index in [9.17, 15) is 14.9 Å². The highest BCUT2D eigenvalue weighted by Gasteiger charge is 2.33. The highest BCUT2D eigenvalue weighted by atomic mass is 32.1. The second-order valence-electron chi connectivity index (χ2n) is 9.20. The van der Waals surface area contributed by atoms with Crippen molar-refractivity contribution in [1.29, 1.82) is 5.26 Å². The zero-order chi connectivity index (χ0) is 28.9. The first-order chi connectivity index (χ1) is 19.9. The molecule has 1 aliphatic rings. The van der Waals surface area contributed by atoms with Crippen LogP contribution < -0.4 is 24.4 Å². The molecule has 1 aromatic heterocycles. The van der Waals surface area contributed by atoms with Gasteiger partial charge >= 0.3 is 5.97 Å². The summed E-state index contributed by atoms with van der Waals surface area (Å²) in [5, 5.41) is 9.28. The molecule has 1 aliphatic heterocycles. The van der Waals surface area contributed by atoms with Gasteiger partial charge in [0.25, 0.3) is 5.56 Å². The van der Waals surface area contributed by atoms with Gasteiger partial charge in [-0.2, -0.15) is 5.26 Å². The van der Waals surface area contributed by atoms with Crippen molar-refractivity contribution in [1.82, 2.24) is 4.57 Å². The van der Waals surface area contributed by atoms with Crippen molar-refractivity contribution in [2.24, 2.45) is 4.99 Å². The number of thiazole rings is 1. The minimum Gasteiger partial charge on any atom is -0.497 e. The summed E-state index contributed by atoms with van der Waals surface area (Å²) in [5.41, 5.74) is 3.53. The normalized spacial score (nSPS) is 14.6. The molecule has 41 heavy (non-hydrogen) atoms. The van der Waals surface area contributed by atoms with Crippen LogP contribution in [0.25, 0.3) is 6.08 Å².